The van der Waals surface area contributed by atoms with Crippen molar-refractivity contribution in [2.24, 2.45) is 0 Å². The van der Waals surface area contributed by atoms with E-state index < -0.39 is 17.5 Å². The molecule has 0 saturated carbocycles. The average Bonchev–Trinajstić information content (AvgIpc) is 2.59. The van der Waals surface area contributed by atoms with Crippen LogP contribution in [0, 0.1) is 11.6 Å². The maximum Gasteiger partial charge on any atom is 0.248 e. The number of ether oxygens (including phenoxy) is 2. The van der Waals surface area contributed by atoms with Gasteiger partial charge in [0.15, 0.2) is 23.1 Å². The van der Waals surface area contributed by atoms with Gasteiger partial charge in [0, 0.05) is 17.8 Å². The predicted octanol–water partition coefficient (Wildman–Crippen LogP) is 4.41. The summed E-state index contributed by atoms with van der Waals surface area (Å²) >= 11 is 0. The minimum atomic E-state index is -1.02. The number of carbonyl (C=O) groups is 1. The molecule has 0 unspecified atom stereocenters. The van der Waals surface area contributed by atoms with Gasteiger partial charge in [-0.15, -0.1) is 0 Å². The summed E-state index contributed by atoms with van der Waals surface area (Å²) in [5.74, 6) is -1.22. The lowest BCUT2D eigenvalue weighted by Crippen LogP contribution is -2.08. The first kappa shape index (κ1) is 18.4. The first-order valence-electron chi connectivity index (χ1n) is 7.87. The number of hydrogen-bond donors (Lipinski definition) is 1. The van der Waals surface area contributed by atoms with Crippen LogP contribution in [-0.4, -0.2) is 19.1 Å². The summed E-state index contributed by atoms with van der Waals surface area (Å²) in [5, 5.41) is 2.46. The van der Waals surface area contributed by atoms with Gasteiger partial charge in [-0.2, -0.15) is 0 Å². The van der Waals surface area contributed by atoms with Gasteiger partial charge in [-0.1, -0.05) is 6.07 Å². The molecule has 0 aliphatic carbocycles. The van der Waals surface area contributed by atoms with Crippen LogP contribution < -0.4 is 14.8 Å². The second kappa shape index (κ2) is 8.82. The van der Waals surface area contributed by atoms with Gasteiger partial charge in [0.2, 0.25) is 5.91 Å². The molecule has 25 heavy (non-hydrogen) atoms. The monoisotopic (exact) mass is 347 g/mol. The Balaban J connectivity index is 2.08. The van der Waals surface area contributed by atoms with E-state index in [4.69, 9.17) is 9.47 Å². The van der Waals surface area contributed by atoms with E-state index in [1.807, 2.05) is 13.8 Å². The average molecular weight is 347 g/mol. The van der Waals surface area contributed by atoms with Crippen molar-refractivity contribution < 1.29 is 23.0 Å². The molecular weight excluding hydrogens is 328 g/mol. The summed E-state index contributed by atoms with van der Waals surface area (Å²) in [6, 6.07) is 8.47. The number of benzene rings is 2. The molecule has 2 aromatic carbocycles. The SMILES string of the molecule is CCOc1ccc(/C=C/C(=O)Nc2ccc(F)c(F)c2)cc1OCC. The fourth-order valence-corrected chi connectivity index (χ4v) is 2.10. The van der Waals surface area contributed by atoms with E-state index in [0.717, 1.165) is 17.7 Å². The van der Waals surface area contributed by atoms with Crippen LogP contribution in [0.5, 0.6) is 11.5 Å². The molecule has 0 radical (unpaired) electrons. The van der Waals surface area contributed by atoms with Gasteiger partial charge < -0.3 is 14.8 Å². The van der Waals surface area contributed by atoms with Crippen molar-refractivity contribution in [1.29, 1.82) is 0 Å². The molecule has 132 valence electrons. The molecule has 0 saturated heterocycles. The highest BCUT2D eigenvalue weighted by molar-refractivity contribution is 6.01. The third-order valence-corrected chi connectivity index (χ3v) is 3.18. The molecule has 0 aliphatic heterocycles. The molecule has 2 aromatic rings. The van der Waals surface area contributed by atoms with E-state index in [1.165, 1.54) is 12.1 Å². The van der Waals surface area contributed by atoms with Crippen molar-refractivity contribution in [2.75, 3.05) is 18.5 Å². The van der Waals surface area contributed by atoms with E-state index in [1.54, 1.807) is 24.3 Å². The number of halogens is 2. The number of hydrogen-bond acceptors (Lipinski definition) is 3. The van der Waals surface area contributed by atoms with Gasteiger partial charge >= 0.3 is 0 Å². The molecule has 1 N–H and O–H groups in total. The van der Waals surface area contributed by atoms with Crippen LogP contribution in [0.3, 0.4) is 0 Å². The van der Waals surface area contributed by atoms with E-state index >= 15 is 0 Å². The van der Waals surface area contributed by atoms with Crippen molar-refractivity contribution in [3.05, 3.63) is 59.7 Å². The molecule has 0 aliphatic rings. The molecular formula is C19H19F2NO3. The molecule has 0 fully saturated rings. The quantitative estimate of drug-likeness (QED) is 0.755. The highest BCUT2D eigenvalue weighted by Crippen LogP contribution is 2.29. The van der Waals surface area contributed by atoms with E-state index in [9.17, 15) is 13.6 Å². The van der Waals surface area contributed by atoms with Crippen LogP contribution >= 0.6 is 0 Å². The first-order valence-corrected chi connectivity index (χ1v) is 7.87. The van der Waals surface area contributed by atoms with Crippen molar-refractivity contribution in [3.8, 4) is 11.5 Å². The summed E-state index contributed by atoms with van der Waals surface area (Å²) < 4.78 is 37.0. The molecule has 1 amide bonds. The number of nitrogens with one attached hydrogen (secondary N) is 1. The van der Waals surface area contributed by atoms with E-state index in [2.05, 4.69) is 5.32 Å². The Labute approximate surface area is 145 Å². The van der Waals surface area contributed by atoms with Gasteiger partial charge in [0.25, 0.3) is 0 Å². The largest absolute Gasteiger partial charge is 0.490 e. The summed E-state index contributed by atoms with van der Waals surface area (Å²) in [6.07, 6.45) is 2.89. The summed E-state index contributed by atoms with van der Waals surface area (Å²) in [7, 11) is 0. The van der Waals surface area contributed by atoms with Crippen LogP contribution in [0.2, 0.25) is 0 Å². The normalized spacial score (nSPS) is 10.7. The Bertz CT molecular complexity index is 775. The Morgan fingerprint density at radius 1 is 1.00 bits per heavy atom. The molecule has 2 rings (SSSR count). The Kier molecular flexibility index (Phi) is 6.51. The zero-order valence-corrected chi connectivity index (χ0v) is 14.0. The van der Waals surface area contributed by atoms with Crippen LogP contribution in [-0.2, 0) is 4.79 Å². The van der Waals surface area contributed by atoms with Crippen LogP contribution in [0.1, 0.15) is 19.4 Å². The lowest BCUT2D eigenvalue weighted by molar-refractivity contribution is -0.111. The van der Waals surface area contributed by atoms with Crippen LogP contribution in [0.25, 0.3) is 6.08 Å². The van der Waals surface area contributed by atoms with Gasteiger partial charge in [-0.3, -0.25) is 4.79 Å². The zero-order valence-electron chi connectivity index (χ0n) is 14.0. The lowest BCUT2D eigenvalue weighted by Gasteiger charge is -2.11. The minimum absolute atomic E-state index is 0.176. The fourth-order valence-electron chi connectivity index (χ4n) is 2.10. The molecule has 0 spiro atoms. The van der Waals surface area contributed by atoms with Crippen LogP contribution in [0.15, 0.2) is 42.5 Å². The highest BCUT2D eigenvalue weighted by atomic mass is 19.2. The summed E-state index contributed by atoms with van der Waals surface area (Å²) in [5.41, 5.74) is 0.919. The smallest absolute Gasteiger partial charge is 0.248 e. The van der Waals surface area contributed by atoms with E-state index in [-0.39, 0.29) is 5.69 Å². The number of rotatable bonds is 7. The third kappa shape index (κ3) is 5.31. The first-order chi connectivity index (χ1) is 12.0. The lowest BCUT2D eigenvalue weighted by atomic mass is 10.2. The van der Waals surface area contributed by atoms with Crippen molar-refractivity contribution in [1.82, 2.24) is 0 Å². The molecule has 0 atom stereocenters. The number of carbonyl (C=O) groups excluding carboxylic acids is 1. The van der Waals surface area contributed by atoms with Crippen molar-refractivity contribution in [2.45, 2.75) is 13.8 Å². The van der Waals surface area contributed by atoms with Gasteiger partial charge in [-0.05, 0) is 49.8 Å². The maximum absolute atomic E-state index is 13.1. The second-order valence-corrected chi connectivity index (χ2v) is 5.02. The fraction of sp³-hybridized carbons (Fsp3) is 0.211. The summed E-state index contributed by atoms with van der Waals surface area (Å²) in [4.78, 5) is 11.9. The molecule has 6 heteroatoms. The van der Waals surface area contributed by atoms with Gasteiger partial charge in [0.05, 0.1) is 13.2 Å². The Hall–Kier alpha value is -2.89. The molecule has 4 nitrogen and oxygen atoms in total. The third-order valence-electron chi connectivity index (χ3n) is 3.18. The van der Waals surface area contributed by atoms with Crippen molar-refractivity contribution >= 4 is 17.7 Å². The van der Waals surface area contributed by atoms with Gasteiger partial charge in [-0.25, -0.2) is 8.78 Å². The Morgan fingerprint density at radius 2 is 1.72 bits per heavy atom. The van der Waals surface area contributed by atoms with Crippen molar-refractivity contribution in [3.63, 3.8) is 0 Å². The minimum Gasteiger partial charge on any atom is -0.490 e. The zero-order chi connectivity index (χ0) is 18.2. The predicted molar refractivity (Wildman–Crippen MR) is 92.8 cm³/mol. The van der Waals surface area contributed by atoms with Crippen LogP contribution in [0.4, 0.5) is 14.5 Å². The Morgan fingerprint density at radius 3 is 2.40 bits per heavy atom. The molecule has 0 heterocycles. The van der Waals surface area contributed by atoms with Gasteiger partial charge in [0.1, 0.15) is 0 Å². The second-order valence-electron chi connectivity index (χ2n) is 5.02. The molecule has 0 bridgehead atoms. The topological polar surface area (TPSA) is 47.6 Å². The molecule has 0 aromatic heterocycles. The van der Waals surface area contributed by atoms with E-state index in [0.29, 0.717) is 24.7 Å². The maximum atomic E-state index is 13.1. The standard InChI is InChI=1S/C19H19F2NO3/c1-3-24-17-9-5-13(11-18(17)25-4-2)6-10-19(23)22-14-7-8-15(20)16(21)12-14/h5-12H,3-4H2,1-2H3,(H,22,23)/b10-6+. The highest BCUT2D eigenvalue weighted by Gasteiger charge is 2.06. The summed E-state index contributed by atoms with van der Waals surface area (Å²) in [6.45, 7) is 4.76. The number of anilines is 1. The number of amides is 1.